The van der Waals surface area contributed by atoms with Gasteiger partial charge in [-0.15, -0.1) is 0 Å². The smallest absolute Gasteiger partial charge is 0.166 e. The van der Waals surface area contributed by atoms with Gasteiger partial charge < -0.3 is 4.57 Å². The predicted molar refractivity (Wildman–Crippen MR) is 201 cm³/mol. The van der Waals surface area contributed by atoms with Crippen molar-refractivity contribution in [1.82, 2.24) is 19.5 Å². The third kappa shape index (κ3) is 5.16. The van der Waals surface area contributed by atoms with Gasteiger partial charge in [0.15, 0.2) is 17.5 Å². The summed E-state index contributed by atoms with van der Waals surface area (Å²) in [6.45, 7) is 0. The summed E-state index contributed by atoms with van der Waals surface area (Å²) in [5, 5.41) is -0.720. The second-order valence-electron chi connectivity index (χ2n) is 10.8. The molecule has 0 spiro atoms. The summed E-state index contributed by atoms with van der Waals surface area (Å²) in [7, 11) is 0. The van der Waals surface area contributed by atoms with E-state index in [0.717, 1.165) is 0 Å². The number of fused-ring (bicyclic) bond motifs is 3. The van der Waals surface area contributed by atoms with Crippen molar-refractivity contribution in [3.8, 4) is 62.1 Å². The Morgan fingerprint density at radius 2 is 0.939 bits per heavy atom. The van der Waals surface area contributed by atoms with Crippen LogP contribution in [-0.4, -0.2) is 19.5 Å². The van der Waals surface area contributed by atoms with Crippen LogP contribution >= 0.6 is 0 Å². The molecule has 0 aliphatic rings. The first-order valence-electron chi connectivity index (χ1n) is 23.6. The van der Waals surface area contributed by atoms with E-state index in [4.69, 9.17) is 31.4 Å². The summed E-state index contributed by atoms with van der Waals surface area (Å²) in [6, 6.07) is 9.90. The molecule has 9 rings (SSSR count). The molecule has 49 heavy (non-hydrogen) atoms. The lowest BCUT2D eigenvalue weighted by Gasteiger charge is -2.19. The summed E-state index contributed by atoms with van der Waals surface area (Å²) in [5.74, 6) is 0.311. The average molecular weight is 644 g/mol. The first kappa shape index (κ1) is 16.0. The van der Waals surface area contributed by atoms with Crippen molar-refractivity contribution >= 4 is 21.8 Å². The normalized spacial score (nSPS) is 16.1. The molecule has 2 aromatic heterocycles. The zero-order valence-corrected chi connectivity index (χ0v) is 25.3. The average Bonchev–Trinajstić information content (AvgIpc) is 3.69. The zero-order chi connectivity index (χ0) is 47.4. The van der Waals surface area contributed by atoms with Crippen LogP contribution in [0.4, 0.5) is 0 Å². The molecule has 0 aliphatic heterocycles. The Kier molecular flexibility index (Phi) is 3.97. The lowest BCUT2D eigenvalue weighted by molar-refractivity contribution is 1.06. The predicted octanol–water partition coefficient (Wildman–Crippen LogP) is 11.3. The van der Waals surface area contributed by atoms with Crippen molar-refractivity contribution in [1.29, 1.82) is 0 Å². The van der Waals surface area contributed by atoms with Crippen LogP contribution in [0.1, 0.15) is 23.3 Å². The zero-order valence-electron chi connectivity index (χ0n) is 42.3. The van der Waals surface area contributed by atoms with Crippen LogP contribution in [0, 0.1) is 0 Å². The van der Waals surface area contributed by atoms with Gasteiger partial charge >= 0.3 is 0 Å². The van der Waals surface area contributed by atoms with Crippen molar-refractivity contribution in [2.24, 2.45) is 0 Å². The molecule has 0 unspecified atom stereocenters. The third-order valence-corrected chi connectivity index (χ3v) is 7.88. The quantitative estimate of drug-likeness (QED) is 0.181. The van der Waals surface area contributed by atoms with Gasteiger partial charge in [0.25, 0.3) is 0 Å². The molecule has 7 aromatic carbocycles. The summed E-state index contributed by atoms with van der Waals surface area (Å²) in [6.07, 6.45) is 0. The third-order valence-electron chi connectivity index (χ3n) is 7.88. The van der Waals surface area contributed by atoms with Gasteiger partial charge in [-0.05, 0) is 40.9 Å². The largest absolute Gasteiger partial charge is 0.308 e. The van der Waals surface area contributed by atoms with Crippen LogP contribution in [0.25, 0.3) is 83.9 Å². The molecular formula is C45H30N4. The molecule has 0 radical (unpaired) electrons. The second kappa shape index (κ2) is 12.2. The lowest BCUT2D eigenvalue weighted by Crippen LogP contribution is -2.05. The maximum absolute atomic E-state index is 9.71. The highest BCUT2D eigenvalue weighted by Gasteiger charge is 2.22. The minimum absolute atomic E-state index is 0.0365. The maximum Gasteiger partial charge on any atom is 0.166 e. The number of rotatable bonds is 6. The van der Waals surface area contributed by atoms with E-state index in [1.165, 1.54) is 22.8 Å². The minimum Gasteiger partial charge on any atom is -0.308 e. The van der Waals surface area contributed by atoms with Gasteiger partial charge in [-0.3, -0.25) is 0 Å². The molecular weight excluding hydrogens is 597 g/mol. The lowest BCUT2D eigenvalue weighted by atomic mass is 9.98. The van der Waals surface area contributed by atoms with Crippen LogP contribution in [0.2, 0.25) is 0 Å². The van der Waals surface area contributed by atoms with Gasteiger partial charge in [0.2, 0.25) is 0 Å². The molecule has 9 aromatic rings. The van der Waals surface area contributed by atoms with E-state index >= 15 is 0 Å². The van der Waals surface area contributed by atoms with E-state index in [0.29, 0.717) is 11.1 Å². The van der Waals surface area contributed by atoms with E-state index in [1.54, 1.807) is 60.7 Å². The molecule has 0 saturated heterocycles. The highest BCUT2D eigenvalue weighted by Crippen LogP contribution is 2.42. The molecule has 230 valence electrons. The van der Waals surface area contributed by atoms with Crippen molar-refractivity contribution in [3.05, 3.63) is 182 Å². The second-order valence-corrected chi connectivity index (χ2v) is 10.8. The van der Waals surface area contributed by atoms with E-state index < -0.39 is 114 Å². The molecule has 0 saturated carbocycles. The number of para-hydroxylation sites is 2. The van der Waals surface area contributed by atoms with Crippen LogP contribution < -0.4 is 0 Å². The highest BCUT2D eigenvalue weighted by atomic mass is 15.1. The molecule has 0 aliphatic carbocycles. The first-order chi connectivity index (χ1) is 31.4. The van der Waals surface area contributed by atoms with Gasteiger partial charge in [-0.25, -0.2) is 15.0 Å². The summed E-state index contributed by atoms with van der Waals surface area (Å²) >= 11 is 0. The standard InChI is InChI=1S/C45H30N4/c1-5-16-31(17-6-1)35-28-29-41-39(30-35)37-24-13-14-27-40(37)49(41)42-36(32-18-7-2-8-19-32)25-15-26-38(42)45-47-43(33-20-9-3-10-21-33)46-44(48-45)34-22-11-4-12-23-34/h1-30H/i1D,2D,5D,6D,7D,8D,13D,14D,16D,17D,18D,19D,24D,27D,28D,29D,30D. The van der Waals surface area contributed by atoms with E-state index in [2.05, 4.69) is 0 Å². The van der Waals surface area contributed by atoms with Gasteiger partial charge in [0.05, 0.1) is 40.0 Å². The topological polar surface area (TPSA) is 43.6 Å². The molecule has 4 heteroatoms. The fourth-order valence-corrected chi connectivity index (χ4v) is 5.72. The molecule has 0 amide bonds. The van der Waals surface area contributed by atoms with Gasteiger partial charge in [0, 0.05) is 33.0 Å². The monoisotopic (exact) mass is 643 g/mol. The molecule has 0 N–H and O–H groups in total. The number of benzene rings is 7. The summed E-state index contributed by atoms with van der Waals surface area (Å²) < 4.78 is 153. The van der Waals surface area contributed by atoms with E-state index in [1.807, 2.05) is 0 Å². The fourth-order valence-electron chi connectivity index (χ4n) is 5.72. The summed E-state index contributed by atoms with van der Waals surface area (Å²) in [4.78, 5) is 14.6. The Labute approximate surface area is 308 Å². The Bertz CT molecular complexity index is 3450. The van der Waals surface area contributed by atoms with E-state index in [9.17, 15) is 6.85 Å². The highest BCUT2D eigenvalue weighted by molar-refractivity contribution is 6.11. The van der Waals surface area contributed by atoms with Gasteiger partial charge in [0.1, 0.15) is 0 Å². The van der Waals surface area contributed by atoms with Crippen molar-refractivity contribution in [2.45, 2.75) is 0 Å². The maximum atomic E-state index is 9.71. The number of nitrogens with zero attached hydrogens (tertiary/aromatic N) is 4. The fraction of sp³-hybridized carbons (Fsp3) is 0. The number of aromatic nitrogens is 4. The van der Waals surface area contributed by atoms with Crippen LogP contribution in [0.3, 0.4) is 0 Å². The van der Waals surface area contributed by atoms with E-state index in [-0.39, 0.29) is 61.7 Å². The van der Waals surface area contributed by atoms with Crippen molar-refractivity contribution in [2.75, 3.05) is 0 Å². The number of hydrogen-bond donors (Lipinski definition) is 0. The molecule has 4 nitrogen and oxygen atoms in total. The molecule has 0 fully saturated rings. The SMILES string of the molecule is [2H]c1c([2H])c([2H])c(-c2cccc(-c3nc(-c4ccccc4)nc(-c4ccccc4)n3)c2-n2c3c([2H])c([2H])c([2H])c([2H])c3c3c([2H])c(-c4c([2H])c([2H])c([2H])c([2H])c4[2H])c([2H])c([2H])c32)c([2H])c1[2H]. The minimum atomic E-state index is -0.801. The van der Waals surface area contributed by atoms with Crippen LogP contribution in [0.15, 0.2) is 182 Å². The summed E-state index contributed by atoms with van der Waals surface area (Å²) in [5.41, 5.74) is -1.38. The Hall–Kier alpha value is -6.65. The molecule has 0 atom stereocenters. The Morgan fingerprint density at radius 1 is 0.388 bits per heavy atom. The Balaban J connectivity index is 1.55. The molecule has 0 bridgehead atoms. The van der Waals surface area contributed by atoms with Crippen LogP contribution in [0.5, 0.6) is 0 Å². The molecule has 2 heterocycles. The van der Waals surface area contributed by atoms with Crippen LogP contribution in [-0.2, 0) is 0 Å². The van der Waals surface area contributed by atoms with Gasteiger partial charge in [-0.2, -0.15) is 0 Å². The van der Waals surface area contributed by atoms with Crippen molar-refractivity contribution in [3.63, 3.8) is 0 Å². The van der Waals surface area contributed by atoms with Gasteiger partial charge in [-0.1, -0.05) is 157 Å². The Morgan fingerprint density at radius 3 is 1.61 bits per heavy atom. The van der Waals surface area contributed by atoms with Crippen molar-refractivity contribution < 1.29 is 23.3 Å². The number of hydrogen-bond acceptors (Lipinski definition) is 3. The first-order valence-corrected chi connectivity index (χ1v) is 15.1.